The van der Waals surface area contributed by atoms with Crippen LogP contribution in [-0.4, -0.2) is 61.2 Å². The Balaban J connectivity index is 1.85. The number of hydrogen-bond donors (Lipinski definition) is 1. The molecule has 40 heavy (non-hydrogen) atoms. The molecular formula is C30H34F2N6O2. The van der Waals surface area contributed by atoms with Crippen molar-refractivity contribution < 1.29 is 13.9 Å². The van der Waals surface area contributed by atoms with E-state index in [0.717, 1.165) is 24.7 Å². The number of aryl methyl sites for hydroxylation is 1. The molecule has 1 aliphatic heterocycles. The van der Waals surface area contributed by atoms with Gasteiger partial charge in [-0.25, -0.2) is 23.1 Å². The van der Waals surface area contributed by atoms with Crippen molar-refractivity contribution in [1.29, 1.82) is 0 Å². The number of pyridine rings is 2. The maximum absolute atomic E-state index is 15.8. The highest BCUT2D eigenvalue weighted by molar-refractivity contribution is 5.91. The first-order chi connectivity index (χ1) is 19.0. The van der Waals surface area contributed by atoms with Crippen LogP contribution >= 0.6 is 0 Å². The average Bonchev–Trinajstić information content (AvgIpc) is 2.89. The predicted octanol–water partition coefficient (Wildman–Crippen LogP) is 5.18. The second-order valence-corrected chi connectivity index (χ2v) is 11.0. The monoisotopic (exact) mass is 548 g/mol. The number of halogens is 2. The highest BCUT2D eigenvalue weighted by Gasteiger charge is 2.30. The maximum Gasteiger partial charge on any atom is 0.355 e. The molecule has 0 radical (unpaired) electrons. The van der Waals surface area contributed by atoms with Crippen molar-refractivity contribution in [2.45, 2.75) is 59.5 Å². The third-order valence-corrected chi connectivity index (χ3v) is 7.68. The predicted molar refractivity (Wildman–Crippen MR) is 152 cm³/mol. The van der Waals surface area contributed by atoms with Crippen LogP contribution in [0.5, 0.6) is 5.75 Å². The molecule has 0 saturated carbocycles. The molecule has 0 unspecified atom stereocenters. The Morgan fingerprint density at radius 2 is 1.80 bits per heavy atom. The molecule has 8 nitrogen and oxygen atoms in total. The van der Waals surface area contributed by atoms with Crippen LogP contribution in [0.4, 0.5) is 14.6 Å². The van der Waals surface area contributed by atoms with E-state index in [1.807, 2.05) is 31.7 Å². The Kier molecular flexibility index (Phi) is 7.31. The van der Waals surface area contributed by atoms with Gasteiger partial charge in [0.05, 0.1) is 22.3 Å². The molecule has 0 spiro atoms. The van der Waals surface area contributed by atoms with Crippen LogP contribution in [0, 0.1) is 18.6 Å². The van der Waals surface area contributed by atoms with E-state index in [0.29, 0.717) is 35.2 Å². The van der Waals surface area contributed by atoms with Gasteiger partial charge in [-0.15, -0.1) is 0 Å². The summed E-state index contributed by atoms with van der Waals surface area (Å²) in [6.07, 6.45) is 1.68. The summed E-state index contributed by atoms with van der Waals surface area (Å²) in [6, 6.07) is 7.16. The lowest BCUT2D eigenvalue weighted by atomic mass is 10.0. The lowest BCUT2D eigenvalue weighted by Gasteiger charge is -2.42. The van der Waals surface area contributed by atoms with Gasteiger partial charge in [0, 0.05) is 37.9 Å². The summed E-state index contributed by atoms with van der Waals surface area (Å²) in [5, 5.41) is 10.8. The molecule has 1 N–H and O–H groups in total. The van der Waals surface area contributed by atoms with E-state index >= 15 is 4.39 Å². The van der Waals surface area contributed by atoms with E-state index in [1.54, 1.807) is 13.1 Å². The largest absolute Gasteiger partial charge is 0.507 e. The molecule has 0 aliphatic carbocycles. The molecule has 210 valence electrons. The number of hydrogen-bond acceptors (Lipinski definition) is 7. The van der Waals surface area contributed by atoms with E-state index < -0.39 is 28.8 Å². The van der Waals surface area contributed by atoms with Crippen molar-refractivity contribution in [2.75, 3.05) is 24.5 Å². The molecule has 1 saturated heterocycles. The molecule has 3 aromatic heterocycles. The van der Waals surface area contributed by atoms with Crippen LogP contribution in [0.2, 0.25) is 0 Å². The minimum atomic E-state index is -0.832. The summed E-state index contributed by atoms with van der Waals surface area (Å²) >= 11 is 0. The van der Waals surface area contributed by atoms with Gasteiger partial charge in [0.1, 0.15) is 23.1 Å². The summed E-state index contributed by atoms with van der Waals surface area (Å²) < 4.78 is 32.0. The van der Waals surface area contributed by atoms with Crippen LogP contribution in [-0.2, 0) is 0 Å². The molecule has 0 bridgehead atoms. The van der Waals surface area contributed by atoms with Gasteiger partial charge in [-0.1, -0.05) is 19.9 Å². The number of phenolic OH excluding ortho intramolecular Hbond substituents is 1. The summed E-state index contributed by atoms with van der Waals surface area (Å²) in [4.78, 5) is 31.7. The Morgan fingerprint density at radius 3 is 2.45 bits per heavy atom. The fraction of sp³-hybridized carbons (Fsp3) is 0.400. The van der Waals surface area contributed by atoms with Gasteiger partial charge in [-0.3, -0.25) is 9.88 Å². The van der Waals surface area contributed by atoms with Crippen molar-refractivity contribution in [3.05, 3.63) is 69.9 Å². The van der Waals surface area contributed by atoms with Gasteiger partial charge >= 0.3 is 5.69 Å². The molecule has 5 rings (SSSR count). The molecule has 10 heteroatoms. The SMILES string of the molecule is Cc1nccc(C(C)C)c1-n1c(=O)nc(N2CCN(C(C)C)C[C@H]2C)c2cc(F)c(-c3c(O)cccc3F)nc21. The third kappa shape index (κ3) is 4.70. The van der Waals surface area contributed by atoms with Crippen LogP contribution in [0.25, 0.3) is 28.0 Å². The lowest BCUT2D eigenvalue weighted by molar-refractivity contribution is 0.185. The zero-order valence-corrected chi connectivity index (χ0v) is 23.6. The second kappa shape index (κ2) is 10.6. The highest BCUT2D eigenvalue weighted by atomic mass is 19.1. The van der Waals surface area contributed by atoms with E-state index in [9.17, 15) is 14.3 Å². The van der Waals surface area contributed by atoms with Gasteiger partial charge in [0.15, 0.2) is 11.5 Å². The molecule has 0 amide bonds. The minimum absolute atomic E-state index is 0.00759. The molecule has 1 fully saturated rings. The smallest absolute Gasteiger partial charge is 0.355 e. The standard InChI is InChI=1S/C30H34F2N6O2/c1-16(2)20-10-11-33-19(6)27(20)38-29-21(14-23(32)26(34-29)25-22(31)8-7-9-24(25)39)28(35-30(38)40)37-13-12-36(17(3)4)15-18(37)5/h7-11,14,16-18,39H,12-13,15H2,1-6H3/t18-/m1/s1. The van der Waals surface area contributed by atoms with Gasteiger partial charge in [-0.05, 0) is 63.4 Å². The number of phenols is 1. The number of aromatic hydroxyl groups is 1. The zero-order chi connectivity index (χ0) is 28.9. The molecule has 1 aromatic carbocycles. The quantitative estimate of drug-likeness (QED) is 0.368. The number of benzene rings is 1. The fourth-order valence-electron chi connectivity index (χ4n) is 5.55. The number of aromatic nitrogens is 4. The number of rotatable bonds is 5. The molecular weight excluding hydrogens is 514 g/mol. The second-order valence-electron chi connectivity index (χ2n) is 11.0. The van der Waals surface area contributed by atoms with E-state index in [1.165, 1.54) is 22.8 Å². The Bertz CT molecular complexity index is 1630. The van der Waals surface area contributed by atoms with Gasteiger partial charge in [0.25, 0.3) is 0 Å². The van der Waals surface area contributed by atoms with E-state index in [4.69, 9.17) is 0 Å². The first kappa shape index (κ1) is 27.6. The van der Waals surface area contributed by atoms with Gasteiger partial charge in [0.2, 0.25) is 0 Å². The Hall–Kier alpha value is -3.92. The summed E-state index contributed by atoms with van der Waals surface area (Å²) in [5.74, 6) is -1.75. The van der Waals surface area contributed by atoms with Crippen molar-refractivity contribution in [3.63, 3.8) is 0 Å². The van der Waals surface area contributed by atoms with Crippen LogP contribution in [0.3, 0.4) is 0 Å². The van der Waals surface area contributed by atoms with E-state index in [-0.39, 0.29) is 23.2 Å². The van der Waals surface area contributed by atoms with Crippen molar-refractivity contribution in [1.82, 2.24) is 24.4 Å². The molecule has 1 aliphatic rings. The fourth-order valence-corrected chi connectivity index (χ4v) is 5.55. The third-order valence-electron chi connectivity index (χ3n) is 7.68. The molecule has 1 atom stereocenters. The topological polar surface area (TPSA) is 87.4 Å². The number of anilines is 1. The number of fused-ring (bicyclic) bond motifs is 1. The van der Waals surface area contributed by atoms with Crippen molar-refractivity contribution in [2.24, 2.45) is 0 Å². The first-order valence-electron chi connectivity index (χ1n) is 13.6. The van der Waals surface area contributed by atoms with Gasteiger partial charge in [-0.2, -0.15) is 4.98 Å². The van der Waals surface area contributed by atoms with Crippen LogP contribution in [0.1, 0.15) is 51.8 Å². The maximum atomic E-state index is 15.8. The average molecular weight is 549 g/mol. The van der Waals surface area contributed by atoms with Gasteiger partial charge < -0.3 is 10.0 Å². The summed E-state index contributed by atoms with van der Waals surface area (Å²) in [5.41, 5.74) is 0.679. The summed E-state index contributed by atoms with van der Waals surface area (Å²) in [7, 11) is 0. The van der Waals surface area contributed by atoms with Crippen LogP contribution in [0.15, 0.2) is 41.3 Å². The zero-order valence-electron chi connectivity index (χ0n) is 23.6. The number of nitrogens with zero attached hydrogens (tertiary/aromatic N) is 6. The Labute approximate surface area is 231 Å². The van der Waals surface area contributed by atoms with Crippen molar-refractivity contribution >= 4 is 16.9 Å². The lowest BCUT2D eigenvalue weighted by Crippen LogP contribution is -2.54. The van der Waals surface area contributed by atoms with Crippen LogP contribution < -0.4 is 10.6 Å². The first-order valence-corrected chi connectivity index (χ1v) is 13.6. The normalized spacial score (nSPS) is 16.4. The summed E-state index contributed by atoms with van der Waals surface area (Å²) in [6.45, 7) is 14.2. The highest BCUT2D eigenvalue weighted by Crippen LogP contribution is 2.36. The molecule has 4 heterocycles. The number of piperazine rings is 1. The Morgan fingerprint density at radius 1 is 1.05 bits per heavy atom. The van der Waals surface area contributed by atoms with Crippen molar-refractivity contribution in [3.8, 4) is 22.7 Å². The minimum Gasteiger partial charge on any atom is -0.507 e. The molecule has 4 aromatic rings. The van der Waals surface area contributed by atoms with E-state index in [2.05, 4.69) is 33.7 Å².